The summed E-state index contributed by atoms with van der Waals surface area (Å²) in [5.74, 6) is -3.15. The number of nitrogens with zero attached hydrogens (tertiary/aromatic N) is 5. The van der Waals surface area contributed by atoms with Gasteiger partial charge in [0.2, 0.25) is 0 Å². The van der Waals surface area contributed by atoms with Crippen LogP contribution < -0.4 is 5.32 Å². The van der Waals surface area contributed by atoms with E-state index < -0.39 is 35.1 Å². The quantitative estimate of drug-likeness (QED) is 0.159. The maximum absolute atomic E-state index is 15.8. The molecule has 0 saturated heterocycles. The molecule has 3 aliphatic rings. The smallest absolute Gasteiger partial charge is 0.308 e. The van der Waals surface area contributed by atoms with Gasteiger partial charge in [0.05, 0.1) is 23.1 Å². The predicted octanol–water partition coefficient (Wildman–Crippen LogP) is 7.78. The van der Waals surface area contributed by atoms with Gasteiger partial charge in [-0.25, -0.2) is 23.4 Å². The lowest BCUT2D eigenvalue weighted by Crippen LogP contribution is -2.51. The van der Waals surface area contributed by atoms with Crippen LogP contribution in [0.4, 0.5) is 14.6 Å². The van der Waals surface area contributed by atoms with Gasteiger partial charge in [0.15, 0.2) is 17.3 Å². The highest BCUT2D eigenvalue weighted by Crippen LogP contribution is 2.47. The zero-order valence-corrected chi connectivity index (χ0v) is 26.9. The number of carboxylic acids is 1. The van der Waals surface area contributed by atoms with Gasteiger partial charge < -0.3 is 10.4 Å². The van der Waals surface area contributed by atoms with Gasteiger partial charge >= 0.3 is 5.97 Å². The van der Waals surface area contributed by atoms with E-state index in [0.717, 1.165) is 54.6 Å². The molecule has 1 unspecified atom stereocenters. The van der Waals surface area contributed by atoms with Crippen LogP contribution in [-0.2, 0) is 10.3 Å². The van der Waals surface area contributed by atoms with Gasteiger partial charge in [-0.15, -0.1) is 0 Å². The first-order valence-electron chi connectivity index (χ1n) is 16.7. The van der Waals surface area contributed by atoms with Crippen molar-refractivity contribution in [2.24, 2.45) is 17.8 Å². The minimum absolute atomic E-state index is 0.00770. The van der Waals surface area contributed by atoms with Crippen LogP contribution in [0.3, 0.4) is 0 Å². The largest absolute Gasteiger partial charge is 0.481 e. The second kappa shape index (κ2) is 12.5. The molecule has 0 amide bonds. The normalized spacial score (nSPS) is 20.0. The molecule has 0 radical (unpaired) electrons. The Labute approximate surface area is 287 Å². The molecule has 2 bridgehead atoms. The number of nitrogens with one attached hydrogen (secondary N) is 1. The first kappa shape index (κ1) is 31.3. The summed E-state index contributed by atoms with van der Waals surface area (Å²) in [6, 6.07) is 33.2. The number of fused-ring (bicyclic) bond motifs is 4. The Morgan fingerprint density at radius 1 is 0.840 bits per heavy atom. The Bertz CT molecular complexity index is 2150. The summed E-state index contributed by atoms with van der Waals surface area (Å²) in [6.07, 6.45) is 4.45. The van der Waals surface area contributed by atoms with Crippen LogP contribution in [0.25, 0.3) is 22.4 Å². The SMILES string of the molecule is N#Cc1cc(F)c(NC2C3CCC(CC3)[C@@H]2C(=O)O)nc1-c1nn(C(c2ccccc2)(c2ccccc2)c2ccccc2)c2ncc(F)cc12. The number of pyridine rings is 2. The van der Waals surface area contributed by atoms with E-state index in [-0.39, 0.29) is 40.0 Å². The maximum Gasteiger partial charge on any atom is 0.308 e. The van der Waals surface area contributed by atoms with E-state index in [1.54, 1.807) is 4.68 Å². The number of aliphatic carboxylic acids is 1. The third-order valence-electron chi connectivity index (χ3n) is 10.5. The van der Waals surface area contributed by atoms with Crippen molar-refractivity contribution in [1.82, 2.24) is 19.7 Å². The molecular weight excluding hydrogens is 634 g/mol. The molecule has 3 aromatic heterocycles. The third kappa shape index (κ3) is 5.00. The zero-order chi connectivity index (χ0) is 34.4. The molecule has 9 rings (SSSR count). The lowest BCUT2D eigenvalue weighted by atomic mass is 9.61. The van der Waals surface area contributed by atoms with Crippen molar-refractivity contribution in [1.29, 1.82) is 5.26 Å². The topological polar surface area (TPSA) is 117 Å². The zero-order valence-electron chi connectivity index (χ0n) is 26.9. The molecule has 50 heavy (non-hydrogen) atoms. The number of hydrogen-bond donors (Lipinski definition) is 2. The predicted molar refractivity (Wildman–Crippen MR) is 184 cm³/mol. The number of aromatic nitrogens is 4. The van der Waals surface area contributed by atoms with E-state index in [1.165, 1.54) is 6.07 Å². The van der Waals surface area contributed by atoms with Crippen LogP contribution in [0.2, 0.25) is 0 Å². The molecule has 0 spiro atoms. The van der Waals surface area contributed by atoms with Crippen molar-refractivity contribution in [3.63, 3.8) is 0 Å². The van der Waals surface area contributed by atoms with Crippen molar-refractivity contribution in [2.45, 2.75) is 37.3 Å². The summed E-state index contributed by atoms with van der Waals surface area (Å²) in [5.41, 5.74) is 1.80. The maximum atomic E-state index is 15.8. The molecule has 3 aromatic carbocycles. The van der Waals surface area contributed by atoms with E-state index in [2.05, 4.69) is 21.4 Å². The van der Waals surface area contributed by atoms with Gasteiger partial charge in [-0.2, -0.15) is 10.4 Å². The fourth-order valence-corrected chi connectivity index (χ4v) is 8.32. The van der Waals surface area contributed by atoms with Gasteiger partial charge in [0.1, 0.15) is 28.8 Å². The summed E-state index contributed by atoms with van der Waals surface area (Å²) in [7, 11) is 0. The van der Waals surface area contributed by atoms with Gasteiger partial charge in [-0.3, -0.25) is 4.79 Å². The second-order valence-corrected chi connectivity index (χ2v) is 13.1. The second-order valence-electron chi connectivity index (χ2n) is 13.1. The number of hydrogen-bond acceptors (Lipinski definition) is 6. The number of benzene rings is 3. The van der Waals surface area contributed by atoms with Crippen LogP contribution in [0, 0.1) is 40.7 Å². The number of carbonyl (C=O) groups is 1. The Morgan fingerprint density at radius 3 is 1.94 bits per heavy atom. The highest BCUT2D eigenvalue weighted by atomic mass is 19.1. The molecular formula is C40H32F2N6O2. The highest BCUT2D eigenvalue weighted by Gasteiger charge is 2.48. The summed E-state index contributed by atoms with van der Waals surface area (Å²) in [6.45, 7) is 0. The van der Waals surface area contributed by atoms with Crippen molar-refractivity contribution >= 4 is 22.8 Å². The summed E-state index contributed by atoms with van der Waals surface area (Å²) < 4.78 is 32.6. The Kier molecular flexibility index (Phi) is 7.83. The first-order valence-corrected chi connectivity index (χ1v) is 16.7. The third-order valence-corrected chi connectivity index (χ3v) is 10.5. The van der Waals surface area contributed by atoms with Crippen LogP contribution >= 0.6 is 0 Å². The van der Waals surface area contributed by atoms with Crippen molar-refractivity contribution in [3.05, 3.63) is 143 Å². The summed E-state index contributed by atoms with van der Waals surface area (Å²) in [4.78, 5) is 21.6. The Balaban J connectivity index is 1.39. The number of rotatable bonds is 8. The molecule has 3 aliphatic carbocycles. The van der Waals surface area contributed by atoms with Crippen LogP contribution in [0.15, 0.2) is 109 Å². The molecule has 0 aliphatic heterocycles. The summed E-state index contributed by atoms with van der Waals surface area (Å²) >= 11 is 0. The average molecular weight is 667 g/mol. The van der Waals surface area contributed by atoms with Crippen LogP contribution in [0.1, 0.15) is 47.9 Å². The molecule has 2 N–H and O–H groups in total. The molecule has 6 aromatic rings. The number of carboxylic acid groups (broad SMARTS) is 1. The lowest BCUT2D eigenvalue weighted by Gasteiger charge is -2.47. The highest BCUT2D eigenvalue weighted by molar-refractivity contribution is 5.92. The van der Waals surface area contributed by atoms with E-state index in [0.29, 0.717) is 5.65 Å². The van der Waals surface area contributed by atoms with E-state index in [9.17, 15) is 15.2 Å². The molecule has 3 heterocycles. The fourth-order valence-electron chi connectivity index (χ4n) is 8.32. The minimum Gasteiger partial charge on any atom is -0.481 e. The average Bonchev–Trinajstić information content (AvgIpc) is 3.52. The Hall–Kier alpha value is -5.95. The van der Waals surface area contributed by atoms with Gasteiger partial charge in [-0.1, -0.05) is 91.0 Å². The summed E-state index contributed by atoms with van der Waals surface area (Å²) in [5, 5.41) is 29.0. The monoisotopic (exact) mass is 666 g/mol. The van der Waals surface area contributed by atoms with E-state index >= 15 is 8.78 Å². The van der Waals surface area contributed by atoms with Crippen LogP contribution in [0.5, 0.6) is 0 Å². The van der Waals surface area contributed by atoms with Crippen LogP contribution in [-0.4, -0.2) is 36.9 Å². The minimum atomic E-state index is -1.13. The first-order chi connectivity index (χ1) is 24.4. The number of anilines is 1. The molecule has 3 fully saturated rings. The number of nitriles is 1. The lowest BCUT2D eigenvalue weighted by molar-refractivity contribution is -0.148. The van der Waals surface area contributed by atoms with Crippen molar-refractivity contribution in [3.8, 4) is 17.5 Å². The fraction of sp³-hybridized carbons (Fsp3) is 0.225. The van der Waals surface area contributed by atoms with Gasteiger partial charge in [0.25, 0.3) is 0 Å². The van der Waals surface area contributed by atoms with Gasteiger partial charge in [0, 0.05) is 6.04 Å². The number of halogens is 2. The molecule has 8 nitrogen and oxygen atoms in total. The molecule has 248 valence electrons. The van der Waals surface area contributed by atoms with Gasteiger partial charge in [-0.05, 0) is 66.3 Å². The Morgan fingerprint density at radius 2 is 1.40 bits per heavy atom. The van der Waals surface area contributed by atoms with Crippen molar-refractivity contribution < 1.29 is 18.7 Å². The molecule has 10 heteroatoms. The van der Waals surface area contributed by atoms with E-state index in [1.807, 2.05) is 91.0 Å². The van der Waals surface area contributed by atoms with E-state index in [4.69, 9.17) is 5.10 Å². The van der Waals surface area contributed by atoms with Crippen molar-refractivity contribution in [2.75, 3.05) is 5.32 Å². The molecule has 3 saturated carbocycles. The molecule has 2 atom stereocenters. The standard InChI is InChI=1S/C40H32F2N6O2/c41-30-21-31-36(35-26(22-43)20-32(42)37(46-35)45-34-25-18-16-24(17-19-25)33(34)39(49)50)47-48(38(31)44-23-30)40(27-10-4-1-5-11-27,28-12-6-2-7-13-28)29-14-8-3-9-15-29/h1-15,20-21,23-25,33-34H,16-19H2,(H,45,46)(H,49,50)/t24?,25?,33-,34?/m0/s1.